The molecule has 6 nitrogen and oxygen atoms in total. The predicted molar refractivity (Wildman–Crippen MR) is 80.9 cm³/mol. The summed E-state index contributed by atoms with van der Waals surface area (Å²) in [5.41, 5.74) is 0.489. The first-order chi connectivity index (χ1) is 10.5. The molecule has 1 atom stereocenters. The van der Waals surface area contributed by atoms with E-state index in [2.05, 4.69) is 5.32 Å². The summed E-state index contributed by atoms with van der Waals surface area (Å²) < 4.78 is 5.56. The Hall–Kier alpha value is -2.37. The first-order valence-electron chi connectivity index (χ1n) is 7.39. The largest absolute Gasteiger partial charge is 0.491 e. The molecule has 118 valence electrons. The van der Waals surface area contributed by atoms with Crippen LogP contribution in [0.25, 0.3) is 0 Å². The number of benzene rings is 1. The number of para-hydroxylation sites is 1. The summed E-state index contributed by atoms with van der Waals surface area (Å²) in [6.07, 6.45) is 1.46. The summed E-state index contributed by atoms with van der Waals surface area (Å²) in [7, 11) is 0. The van der Waals surface area contributed by atoms with Crippen molar-refractivity contribution in [2.45, 2.75) is 32.7 Å². The number of urea groups is 1. The molecule has 0 radical (unpaired) electrons. The molecule has 3 amide bonds. The molecule has 1 aromatic carbocycles. The van der Waals surface area contributed by atoms with Crippen molar-refractivity contribution in [1.82, 2.24) is 10.2 Å². The molecule has 1 aliphatic heterocycles. The van der Waals surface area contributed by atoms with E-state index in [1.165, 1.54) is 6.92 Å². The lowest BCUT2D eigenvalue weighted by atomic mass is 10.1. The predicted octanol–water partition coefficient (Wildman–Crippen LogP) is 1.99. The third kappa shape index (κ3) is 3.44. The number of imide groups is 1. The van der Waals surface area contributed by atoms with Crippen LogP contribution in [0.4, 0.5) is 4.79 Å². The number of ether oxygens (including phenoxy) is 1. The molecule has 0 bridgehead atoms. The van der Waals surface area contributed by atoms with Gasteiger partial charge in [-0.05, 0) is 25.5 Å². The van der Waals surface area contributed by atoms with Crippen LogP contribution in [0.3, 0.4) is 0 Å². The number of rotatable bonds is 7. The van der Waals surface area contributed by atoms with Crippen LogP contribution in [0.5, 0.6) is 5.75 Å². The molecule has 1 fully saturated rings. The van der Waals surface area contributed by atoms with E-state index >= 15 is 0 Å². The van der Waals surface area contributed by atoms with Crippen LogP contribution in [0.2, 0.25) is 0 Å². The van der Waals surface area contributed by atoms with Gasteiger partial charge in [0.15, 0.2) is 5.78 Å². The van der Waals surface area contributed by atoms with Crippen molar-refractivity contribution >= 4 is 17.7 Å². The van der Waals surface area contributed by atoms with Crippen molar-refractivity contribution in [1.29, 1.82) is 0 Å². The third-order valence-corrected chi connectivity index (χ3v) is 3.52. The Bertz CT molecular complexity index is 585. The molecule has 1 saturated heterocycles. The fourth-order valence-electron chi connectivity index (χ4n) is 2.40. The van der Waals surface area contributed by atoms with E-state index < -0.39 is 6.04 Å². The molecule has 22 heavy (non-hydrogen) atoms. The Morgan fingerprint density at radius 2 is 2.05 bits per heavy atom. The van der Waals surface area contributed by atoms with Crippen LogP contribution >= 0.6 is 0 Å². The fraction of sp³-hybridized carbons (Fsp3) is 0.438. The second kappa shape index (κ2) is 7.06. The molecule has 0 unspecified atom stereocenters. The highest BCUT2D eigenvalue weighted by Crippen LogP contribution is 2.18. The standard InChI is InChI=1S/C16H20N2O4/c1-3-6-13-15(20)18(16(21)17-13)9-10-22-14-8-5-4-7-12(14)11(2)19/h4-5,7-8,13H,3,6,9-10H2,1-2H3,(H,17,21)/t13-/m0/s1. The number of Topliss-reactive ketones (excluding diaryl/α,β-unsaturated/α-hetero) is 1. The van der Waals surface area contributed by atoms with Crippen molar-refractivity contribution in [3.05, 3.63) is 29.8 Å². The van der Waals surface area contributed by atoms with Gasteiger partial charge in [-0.15, -0.1) is 0 Å². The van der Waals surface area contributed by atoms with E-state index in [-0.39, 0.29) is 30.9 Å². The Kier molecular flexibility index (Phi) is 5.14. The zero-order valence-electron chi connectivity index (χ0n) is 12.8. The van der Waals surface area contributed by atoms with Gasteiger partial charge in [-0.3, -0.25) is 14.5 Å². The Labute approximate surface area is 129 Å². The quantitative estimate of drug-likeness (QED) is 0.617. The second-order valence-corrected chi connectivity index (χ2v) is 5.18. The topological polar surface area (TPSA) is 75.7 Å². The SMILES string of the molecule is CCC[C@@H]1NC(=O)N(CCOc2ccccc2C(C)=O)C1=O. The highest BCUT2D eigenvalue weighted by molar-refractivity contribution is 6.04. The van der Waals surface area contributed by atoms with E-state index in [0.29, 0.717) is 17.7 Å². The lowest BCUT2D eigenvalue weighted by Crippen LogP contribution is -2.35. The number of hydrogen-bond acceptors (Lipinski definition) is 4. The van der Waals surface area contributed by atoms with Gasteiger partial charge in [-0.1, -0.05) is 25.5 Å². The molecule has 0 saturated carbocycles. The zero-order valence-corrected chi connectivity index (χ0v) is 12.8. The van der Waals surface area contributed by atoms with Gasteiger partial charge >= 0.3 is 6.03 Å². The summed E-state index contributed by atoms with van der Waals surface area (Å²) in [5, 5.41) is 2.66. The first kappa shape index (κ1) is 16.0. The summed E-state index contributed by atoms with van der Waals surface area (Å²) in [4.78, 5) is 36.5. The maximum Gasteiger partial charge on any atom is 0.324 e. The van der Waals surface area contributed by atoms with Crippen LogP contribution in [-0.2, 0) is 4.79 Å². The number of amides is 3. The van der Waals surface area contributed by atoms with Crippen molar-refractivity contribution in [3.8, 4) is 5.75 Å². The molecule has 0 aromatic heterocycles. The van der Waals surface area contributed by atoms with Gasteiger partial charge in [-0.2, -0.15) is 0 Å². The van der Waals surface area contributed by atoms with Crippen LogP contribution in [0, 0.1) is 0 Å². The van der Waals surface area contributed by atoms with Crippen molar-refractivity contribution in [2.75, 3.05) is 13.2 Å². The summed E-state index contributed by atoms with van der Waals surface area (Å²) in [5.74, 6) is 0.163. The monoisotopic (exact) mass is 304 g/mol. The Morgan fingerprint density at radius 3 is 2.73 bits per heavy atom. The van der Waals surface area contributed by atoms with Gasteiger partial charge < -0.3 is 10.1 Å². The zero-order chi connectivity index (χ0) is 16.1. The number of nitrogens with zero attached hydrogens (tertiary/aromatic N) is 1. The minimum Gasteiger partial charge on any atom is -0.491 e. The number of carbonyl (C=O) groups is 3. The summed E-state index contributed by atoms with van der Waals surface area (Å²) in [6, 6.07) is 6.10. The smallest absolute Gasteiger partial charge is 0.324 e. The molecular formula is C16H20N2O4. The van der Waals surface area contributed by atoms with Crippen molar-refractivity contribution < 1.29 is 19.1 Å². The fourth-order valence-corrected chi connectivity index (χ4v) is 2.40. The number of carbonyl (C=O) groups excluding carboxylic acids is 3. The molecule has 1 aliphatic rings. The van der Waals surface area contributed by atoms with Gasteiger partial charge in [0.2, 0.25) is 0 Å². The molecular weight excluding hydrogens is 284 g/mol. The average Bonchev–Trinajstić information content (AvgIpc) is 2.75. The van der Waals surface area contributed by atoms with Crippen LogP contribution in [0.1, 0.15) is 37.0 Å². The molecule has 1 heterocycles. The molecule has 1 aromatic rings. The number of nitrogens with one attached hydrogen (secondary N) is 1. The number of ketones is 1. The third-order valence-electron chi connectivity index (χ3n) is 3.52. The Balaban J connectivity index is 1.93. The van der Waals surface area contributed by atoms with Gasteiger partial charge in [0.25, 0.3) is 5.91 Å². The van der Waals surface area contributed by atoms with E-state index in [9.17, 15) is 14.4 Å². The van der Waals surface area contributed by atoms with Gasteiger partial charge in [0, 0.05) is 0 Å². The Morgan fingerprint density at radius 1 is 1.32 bits per heavy atom. The maximum absolute atomic E-state index is 12.1. The van der Waals surface area contributed by atoms with Crippen LogP contribution < -0.4 is 10.1 Å². The van der Waals surface area contributed by atoms with E-state index in [0.717, 1.165) is 11.3 Å². The van der Waals surface area contributed by atoms with E-state index in [4.69, 9.17) is 4.74 Å². The lowest BCUT2D eigenvalue weighted by molar-refractivity contribution is -0.127. The van der Waals surface area contributed by atoms with Crippen LogP contribution in [0.15, 0.2) is 24.3 Å². The normalized spacial score (nSPS) is 17.5. The highest BCUT2D eigenvalue weighted by Gasteiger charge is 2.36. The van der Waals surface area contributed by atoms with Gasteiger partial charge in [0.1, 0.15) is 18.4 Å². The number of hydrogen-bond donors (Lipinski definition) is 1. The highest BCUT2D eigenvalue weighted by atomic mass is 16.5. The van der Waals surface area contributed by atoms with E-state index in [1.54, 1.807) is 24.3 Å². The van der Waals surface area contributed by atoms with Gasteiger partial charge in [-0.25, -0.2) is 4.79 Å². The van der Waals surface area contributed by atoms with Crippen LogP contribution in [-0.4, -0.2) is 41.8 Å². The molecule has 1 N–H and O–H groups in total. The molecule has 0 spiro atoms. The molecule has 2 rings (SSSR count). The van der Waals surface area contributed by atoms with Crippen molar-refractivity contribution in [2.24, 2.45) is 0 Å². The second-order valence-electron chi connectivity index (χ2n) is 5.18. The molecule has 6 heteroatoms. The maximum atomic E-state index is 12.1. The van der Waals surface area contributed by atoms with E-state index in [1.807, 2.05) is 6.92 Å². The van der Waals surface area contributed by atoms with Crippen molar-refractivity contribution in [3.63, 3.8) is 0 Å². The first-order valence-corrected chi connectivity index (χ1v) is 7.39. The summed E-state index contributed by atoms with van der Waals surface area (Å²) in [6.45, 7) is 3.75. The lowest BCUT2D eigenvalue weighted by Gasteiger charge is -2.14. The average molecular weight is 304 g/mol. The minimum atomic E-state index is -0.429. The molecule has 0 aliphatic carbocycles. The minimum absolute atomic E-state index is 0.0893. The summed E-state index contributed by atoms with van der Waals surface area (Å²) >= 11 is 0. The van der Waals surface area contributed by atoms with Gasteiger partial charge in [0.05, 0.1) is 12.1 Å².